The van der Waals surface area contributed by atoms with E-state index in [9.17, 15) is 10.2 Å². The summed E-state index contributed by atoms with van der Waals surface area (Å²) in [6.45, 7) is 2.97. The Balaban J connectivity index is 2.02. The van der Waals surface area contributed by atoms with Crippen molar-refractivity contribution in [3.05, 3.63) is 45.8 Å². The minimum atomic E-state index is -1.08. The molecule has 6 heteroatoms. The monoisotopic (exact) mass is 276 g/mol. The number of azide groups is 1. The largest absolute Gasteiger partial charge is 0.390 e. The van der Waals surface area contributed by atoms with Crippen molar-refractivity contribution in [1.29, 1.82) is 0 Å². The van der Waals surface area contributed by atoms with Gasteiger partial charge in [-0.15, -0.1) is 0 Å². The Morgan fingerprint density at radius 2 is 2.05 bits per heavy atom. The smallest absolute Gasteiger partial charge is 0.105 e. The summed E-state index contributed by atoms with van der Waals surface area (Å²) in [5, 5.41) is 23.1. The van der Waals surface area contributed by atoms with E-state index >= 15 is 0 Å². The maximum absolute atomic E-state index is 10.1. The van der Waals surface area contributed by atoms with Crippen LogP contribution < -0.4 is 0 Å². The standard InChI is InChI=1S/C14H20N4O2/c15-17-16-9-13(19)14(20)12-5-3-4-11(8-12)10-18-6-1-2-7-18/h3-5,8,13-14,19-20H,1-2,6-7,9-10H2. The van der Waals surface area contributed by atoms with E-state index in [2.05, 4.69) is 14.9 Å². The van der Waals surface area contributed by atoms with E-state index in [1.54, 1.807) is 6.07 Å². The quantitative estimate of drug-likeness (QED) is 0.472. The first-order valence-electron chi connectivity index (χ1n) is 6.89. The zero-order chi connectivity index (χ0) is 14.4. The summed E-state index contributed by atoms with van der Waals surface area (Å²) in [6.07, 6.45) is 0.382. The van der Waals surface area contributed by atoms with E-state index in [0.717, 1.165) is 25.2 Å². The van der Waals surface area contributed by atoms with Crippen LogP contribution in [-0.4, -0.2) is 40.9 Å². The summed E-state index contributed by atoms with van der Waals surface area (Å²) < 4.78 is 0. The number of nitrogens with zero attached hydrogens (tertiary/aromatic N) is 4. The fourth-order valence-corrected chi connectivity index (χ4v) is 2.52. The second kappa shape index (κ2) is 7.26. The zero-order valence-corrected chi connectivity index (χ0v) is 11.4. The van der Waals surface area contributed by atoms with Crippen LogP contribution in [0.2, 0.25) is 0 Å². The van der Waals surface area contributed by atoms with Crippen molar-refractivity contribution in [3.63, 3.8) is 0 Å². The van der Waals surface area contributed by atoms with E-state index in [-0.39, 0.29) is 6.54 Å². The third-order valence-electron chi connectivity index (χ3n) is 3.59. The average Bonchev–Trinajstić information content (AvgIpc) is 2.97. The van der Waals surface area contributed by atoms with E-state index in [1.807, 2.05) is 18.2 Å². The van der Waals surface area contributed by atoms with Gasteiger partial charge in [-0.2, -0.15) is 0 Å². The lowest BCUT2D eigenvalue weighted by Crippen LogP contribution is -2.22. The minimum Gasteiger partial charge on any atom is -0.390 e. The normalized spacial score (nSPS) is 18.5. The molecule has 0 aliphatic carbocycles. The second-order valence-corrected chi connectivity index (χ2v) is 5.15. The molecule has 0 bridgehead atoms. The zero-order valence-electron chi connectivity index (χ0n) is 11.4. The van der Waals surface area contributed by atoms with Crippen LogP contribution in [0.1, 0.15) is 30.1 Å². The van der Waals surface area contributed by atoms with Gasteiger partial charge in [0, 0.05) is 11.5 Å². The lowest BCUT2D eigenvalue weighted by molar-refractivity contribution is 0.0243. The van der Waals surface area contributed by atoms with Crippen LogP contribution in [0.25, 0.3) is 10.4 Å². The molecule has 2 atom stereocenters. The van der Waals surface area contributed by atoms with Crippen molar-refractivity contribution in [1.82, 2.24) is 4.90 Å². The van der Waals surface area contributed by atoms with Crippen LogP contribution >= 0.6 is 0 Å². The molecule has 108 valence electrons. The molecule has 1 fully saturated rings. The molecule has 0 radical (unpaired) electrons. The molecule has 0 amide bonds. The Kier molecular flexibility index (Phi) is 5.38. The fourth-order valence-electron chi connectivity index (χ4n) is 2.52. The molecule has 0 saturated carbocycles. The SMILES string of the molecule is [N-]=[N+]=NCC(O)C(O)c1cccc(CN2CCCC2)c1. The van der Waals surface area contributed by atoms with Gasteiger partial charge in [0.2, 0.25) is 0 Å². The Labute approximate surface area is 118 Å². The van der Waals surface area contributed by atoms with Crippen molar-refractivity contribution in [2.45, 2.75) is 31.6 Å². The van der Waals surface area contributed by atoms with Crippen LogP contribution in [0.15, 0.2) is 29.4 Å². The lowest BCUT2D eigenvalue weighted by Gasteiger charge is -2.19. The van der Waals surface area contributed by atoms with Crippen molar-refractivity contribution >= 4 is 0 Å². The molecule has 1 aromatic carbocycles. The summed E-state index contributed by atoms with van der Waals surface area (Å²) in [5.41, 5.74) is 10.0. The van der Waals surface area contributed by atoms with E-state index in [1.165, 1.54) is 12.8 Å². The first kappa shape index (κ1) is 14.8. The van der Waals surface area contributed by atoms with Crippen LogP contribution in [0.4, 0.5) is 0 Å². The molecule has 0 aromatic heterocycles. The van der Waals surface area contributed by atoms with Crippen molar-refractivity contribution in [2.75, 3.05) is 19.6 Å². The van der Waals surface area contributed by atoms with Crippen LogP contribution in [0, 0.1) is 0 Å². The van der Waals surface area contributed by atoms with E-state index < -0.39 is 12.2 Å². The Bertz CT molecular complexity index is 482. The number of rotatable bonds is 6. The predicted octanol–water partition coefficient (Wildman–Crippen LogP) is 1.99. The third kappa shape index (κ3) is 3.95. The van der Waals surface area contributed by atoms with Gasteiger partial charge in [-0.05, 0) is 42.6 Å². The van der Waals surface area contributed by atoms with Gasteiger partial charge in [0.1, 0.15) is 6.10 Å². The molecule has 6 nitrogen and oxygen atoms in total. The number of hydrogen-bond donors (Lipinski definition) is 2. The minimum absolute atomic E-state index is 0.131. The molecule has 2 rings (SSSR count). The second-order valence-electron chi connectivity index (χ2n) is 5.15. The molecule has 0 spiro atoms. The summed E-state index contributed by atoms with van der Waals surface area (Å²) in [6, 6.07) is 7.58. The van der Waals surface area contributed by atoms with Crippen LogP contribution in [0.5, 0.6) is 0 Å². The van der Waals surface area contributed by atoms with Crippen molar-refractivity contribution < 1.29 is 10.2 Å². The molecule has 1 aliphatic heterocycles. The van der Waals surface area contributed by atoms with Crippen LogP contribution in [0.3, 0.4) is 0 Å². The lowest BCUT2D eigenvalue weighted by atomic mass is 10.0. The highest BCUT2D eigenvalue weighted by Gasteiger charge is 2.18. The molecular weight excluding hydrogens is 256 g/mol. The molecule has 1 heterocycles. The third-order valence-corrected chi connectivity index (χ3v) is 3.59. The van der Waals surface area contributed by atoms with Gasteiger partial charge >= 0.3 is 0 Å². The van der Waals surface area contributed by atoms with E-state index in [0.29, 0.717) is 5.56 Å². The van der Waals surface area contributed by atoms with Crippen molar-refractivity contribution in [2.24, 2.45) is 5.11 Å². The fraction of sp³-hybridized carbons (Fsp3) is 0.571. The van der Waals surface area contributed by atoms with Gasteiger partial charge in [-0.25, -0.2) is 0 Å². The molecule has 1 aromatic rings. The summed E-state index contributed by atoms with van der Waals surface area (Å²) in [5.74, 6) is 0. The van der Waals surface area contributed by atoms with Gasteiger partial charge in [0.25, 0.3) is 0 Å². The van der Waals surface area contributed by atoms with Crippen LogP contribution in [-0.2, 0) is 6.54 Å². The highest BCUT2D eigenvalue weighted by Crippen LogP contribution is 2.20. The van der Waals surface area contributed by atoms with Crippen molar-refractivity contribution in [3.8, 4) is 0 Å². The Morgan fingerprint density at radius 1 is 1.30 bits per heavy atom. The number of likely N-dealkylation sites (tertiary alicyclic amines) is 1. The van der Waals surface area contributed by atoms with Gasteiger partial charge in [0.05, 0.1) is 12.6 Å². The number of aliphatic hydroxyl groups excluding tert-OH is 2. The summed E-state index contributed by atoms with van der Waals surface area (Å²) >= 11 is 0. The van der Waals surface area contributed by atoms with Gasteiger partial charge in [-0.1, -0.05) is 29.4 Å². The molecular formula is C14H20N4O2. The first-order valence-corrected chi connectivity index (χ1v) is 6.89. The summed E-state index contributed by atoms with van der Waals surface area (Å²) in [7, 11) is 0. The van der Waals surface area contributed by atoms with Gasteiger partial charge < -0.3 is 10.2 Å². The van der Waals surface area contributed by atoms with Gasteiger partial charge in [-0.3, -0.25) is 4.90 Å². The highest BCUT2D eigenvalue weighted by molar-refractivity contribution is 5.26. The predicted molar refractivity (Wildman–Crippen MR) is 75.9 cm³/mol. The van der Waals surface area contributed by atoms with E-state index in [4.69, 9.17) is 5.53 Å². The highest BCUT2D eigenvalue weighted by atomic mass is 16.3. The first-order chi connectivity index (χ1) is 9.70. The maximum Gasteiger partial charge on any atom is 0.105 e. The molecule has 1 saturated heterocycles. The number of aliphatic hydroxyl groups is 2. The molecule has 2 unspecified atom stereocenters. The topological polar surface area (TPSA) is 92.5 Å². The average molecular weight is 276 g/mol. The molecule has 20 heavy (non-hydrogen) atoms. The maximum atomic E-state index is 10.1. The number of hydrogen-bond acceptors (Lipinski definition) is 4. The number of benzene rings is 1. The molecule has 2 N–H and O–H groups in total. The Morgan fingerprint density at radius 3 is 2.75 bits per heavy atom. The Hall–Kier alpha value is -1.59. The molecule has 1 aliphatic rings. The summed E-state index contributed by atoms with van der Waals surface area (Å²) in [4.78, 5) is 4.96. The van der Waals surface area contributed by atoms with Gasteiger partial charge in [0.15, 0.2) is 0 Å².